The van der Waals surface area contributed by atoms with Crippen LogP contribution in [0.1, 0.15) is 12.5 Å². The third-order valence-electron chi connectivity index (χ3n) is 3.14. The van der Waals surface area contributed by atoms with Gasteiger partial charge in [0.2, 0.25) is 0 Å². The van der Waals surface area contributed by atoms with Gasteiger partial charge >= 0.3 is 0 Å². The summed E-state index contributed by atoms with van der Waals surface area (Å²) in [7, 11) is 0. The summed E-state index contributed by atoms with van der Waals surface area (Å²) in [6.07, 6.45) is 0. The Morgan fingerprint density at radius 1 is 1.31 bits per heavy atom. The first-order valence-corrected chi connectivity index (χ1v) is 5.48. The smallest absolute Gasteiger partial charge is 0.159 e. The van der Waals surface area contributed by atoms with Crippen LogP contribution in [0.15, 0.2) is 18.2 Å². The fourth-order valence-corrected chi connectivity index (χ4v) is 2.12. The molecule has 2 nitrogen and oxygen atoms in total. The van der Waals surface area contributed by atoms with Crippen LogP contribution < -0.4 is 5.73 Å². The maximum absolute atomic E-state index is 13.0. The molecule has 0 spiro atoms. The minimum atomic E-state index is -0.796. The van der Waals surface area contributed by atoms with Gasteiger partial charge in [0, 0.05) is 25.7 Å². The summed E-state index contributed by atoms with van der Waals surface area (Å²) in [4.78, 5) is 2.17. The second-order valence-corrected chi connectivity index (χ2v) is 4.58. The monoisotopic (exact) mass is 226 g/mol. The number of halogens is 2. The van der Waals surface area contributed by atoms with Crippen molar-refractivity contribution in [2.24, 2.45) is 11.7 Å². The average molecular weight is 226 g/mol. The zero-order chi connectivity index (χ0) is 11.7. The van der Waals surface area contributed by atoms with E-state index in [0.29, 0.717) is 12.5 Å². The highest BCUT2D eigenvalue weighted by Crippen LogP contribution is 2.18. The molecule has 1 aromatic carbocycles. The van der Waals surface area contributed by atoms with Crippen LogP contribution in [0.4, 0.5) is 8.78 Å². The third kappa shape index (κ3) is 2.39. The van der Waals surface area contributed by atoms with Crippen LogP contribution in [0.25, 0.3) is 0 Å². The molecule has 2 rings (SSSR count). The molecule has 1 fully saturated rings. The van der Waals surface area contributed by atoms with Crippen molar-refractivity contribution >= 4 is 0 Å². The Kier molecular flexibility index (Phi) is 3.21. The van der Waals surface area contributed by atoms with Gasteiger partial charge in [0.25, 0.3) is 0 Å². The van der Waals surface area contributed by atoms with Crippen molar-refractivity contribution in [3.63, 3.8) is 0 Å². The molecule has 1 heterocycles. The highest BCUT2D eigenvalue weighted by Gasteiger charge is 2.26. The van der Waals surface area contributed by atoms with E-state index in [1.54, 1.807) is 6.07 Å². The molecule has 0 amide bonds. The molecule has 1 aromatic rings. The van der Waals surface area contributed by atoms with Crippen molar-refractivity contribution in [3.8, 4) is 0 Å². The van der Waals surface area contributed by atoms with Gasteiger partial charge in [-0.05, 0) is 23.6 Å². The Morgan fingerprint density at radius 2 is 2.06 bits per heavy atom. The van der Waals surface area contributed by atoms with Gasteiger partial charge in [0.1, 0.15) is 0 Å². The van der Waals surface area contributed by atoms with Gasteiger partial charge in [-0.2, -0.15) is 0 Å². The van der Waals surface area contributed by atoms with E-state index in [4.69, 9.17) is 5.73 Å². The lowest BCUT2D eigenvalue weighted by atomic mass is 10.1. The van der Waals surface area contributed by atoms with Gasteiger partial charge in [0.05, 0.1) is 0 Å². The predicted molar refractivity (Wildman–Crippen MR) is 58.8 cm³/mol. The van der Waals surface area contributed by atoms with E-state index >= 15 is 0 Å². The van der Waals surface area contributed by atoms with Crippen molar-refractivity contribution < 1.29 is 8.78 Å². The normalized spacial score (nSPS) is 26.2. The van der Waals surface area contributed by atoms with Gasteiger partial charge in [-0.1, -0.05) is 13.0 Å². The van der Waals surface area contributed by atoms with Crippen molar-refractivity contribution in [2.45, 2.75) is 19.5 Å². The predicted octanol–water partition coefficient (Wildman–Crippen LogP) is 1.74. The molecule has 2 unspecified atom stereocenters. The zero-order valence-electron chi connectivity index (χ0n) is 9.29. The standard InChI is InChI=1S/C12H16F2N2/c1-8-5-16(7-12(8)15)6-9-2-3-10(13)11(14)4-9/h2-4,8,12H,5-7,15H2,1H3. The SMILES string of the molecule is CC1CN(Cc2ccc(F)c(F)c2)CC1N. The summed E-state index contributed by atoms with van der Waals surface area (Å²) in [6.45, 7) is 4.48. The van der Waals surface area contributed by atoms with E-state index in [1.807, 2.05) is 0 Å². The Labute approximate surface area is 94.0 Å². The summed E-state index contributed by atoms with van der Waals surface area (Å²) in [5.74, 6) is -1.12. The minimum absolute atomic E-state index is 0.185. The topological polar surface area (TPSA) is 29.3 Å². The van der Waals surface area contributed by atoms with Gasteiger partial charge in [-0.25, -0.2) is 8.78 Å². The van der Waals surface area contributed by atoms with Crippen LogP contribution in [-0.4, -0.2) is 24.0 Å². The van der Waals surface area contributed by atoms with E-state index in [9.17, 15) is 8.78 Å². The number of nitrogens with two attached hydrogens (primary N) is 1. The average Bonchev–Trinajstić information content (AvgIpc) is 2.52. The highest BCUT2D eigenvalue weighted by atomic mass is 19.2. The zero-order valence-corrected chi connectivity index (χ0v) is 9.29. The van der Waals surface area contributed by atoms with Gasteiger partial charge in [-0.15, -0.1) is 0 Å². The quantitative estimate of drug-likeness (QED) is 0.832. The van der Waals surface area contributed by atoms with Crippen LogP contribution in [0.3, 0.4) is 0 Å². The number of nitrogens with zero attached hydrogens (tertiary/aromatic N) is 1. The van der Waals surface area contributed by atoms with Crippen LogP contribution in [0.5, 0.6) is 0 Å². The molecule has 0 radical (unpaired) electrons. The van der Waals surface area contributed by atoms with Crippen molar-refractivity contribution in [1.29, 1.82) is 0 Å². The Balaban J connectivity index is 2.02. The van der Waals surface area contributed by atoms with Gasteiger partial charge in [-0.3, -0.25) is 4.90 Å². The molecular weight excluding hydrogens is 210 g/mol. The van der Waals surface area contributed by atoms with Crippen LogP contribution >= 0.6 is 0 Å². The molecule has 0 bridgehead atoms. The van der Waals surface area contributed by atoms with Crippen LogP contribution in [0, 0.1) is 17.6 Å². The van der Waals surface area contributed by atoms with Gasteiger partial charge < -0.3 is 5.73 Å². The fourth-order valence-electron chi connectivity index (χ4n) is 2.12. The van der Waals surface area contributed by atoms with Crippen molar-refractivity contribution in [3.05, 3.63) is 35.4 Å². The summed E-state index contributed by atoms with van der Waals surface area (Å²) >= 11 is 0. The first-order valence-electron chi connectivity index (χ1n) is 5.48. The Bertz CT molecular complexity index is 371. The van der Waals surface area contributed by atoms with E-state index in [2.05, 4.69) is 11.8 Å². The lowest BCUT2D eigenvalue weighted by molar-refractivity contribution is 0.318. The molecule has 16 heavy (non-hydrogen) atoms. The first-order chi connectivity index (χ1) is 7.56. The van der Waals surface area contributed by atoms with E-state index in [1.165, 1.54) is 12.1 Å². The maximum atomic E-state index is 13.0. The molecule has 1 saturated heterocycles. The molecule has 1 aliphatic rings. The molecule has 2 N–H and O–H groups in total. The molecule has 0 aliphatic carbocycles. The number of hydrogen-bond acceptors (Lipinski definition) is 2. The molecule has 4 heteroatoms. The molecule has 2 atom stereocenters. The van der Waals surface area contributed by atoms with E-state index in [0.717, 1.165) is 18.7 Å². The summed E-state index contributed by atoms with van der Waals surface area (Å²) in [6, 6.07) is 4.23. The second-order valence-electron chi connectivity index (χ2n) is 4.58. The molecule has 88 valence electrons. The number of likely N-dealkylation sites (tertiary alicyclic amines) is 1. The molecule has 1 aliphatic heterocycles. The first kappa shape index (κ1) is 11.5. The van der Waals surface area contributed by atoms with Crippen molar-refractivity contribution in [2.75, 3.05) is 13.1 Å². The van der Waals surface area contributed by atoms with E-state index in [-0.39, 0.29) is 6.04 Å². The lowest BCUT2D eigenvalue weighted by Crippen LogP contribution is -2.28. The largest absolute Gasteiger partial charge is 0.326 e. The Morgan fingerprint density at radius 3 is 2.62 bits per heavy atom. The van der Waals surface area contributed by atoms with Crippen LogP contribution in [-0.2, 0) is 6.54 Å². The minimum Gasteiger partial charge on any atom is -0.326 e. The second kappa shape index (κ2) is 4.47. The number of rotatable bonds is 2. The highest BCUT2D eigenvalue weighted by molar-refractivity contribution is 5.17. The fraction of sp³-hybridized carbons (Fsp3) is 0.500. The molecule has 0 saturated carbocycles. The van der Waals surface area contributed by atoms with E-state index < -0.39 is 11.6 Å². The van der Waals surface area contributed by atoms with Crippen LogP contribution in [0.2, 0.25) is 0 Å². The number of hydrogen-bond donors (Lipinski definition) is 1. The Hall–Kier alpha value is -1.00. The van der Waals surface area contributed by atoms with Gasteiger partial charge in [0.15, 0.2) is 11.6 Å². The third-order valence-corrected chi connectivity index (χ3v) is 3.14. The van der Waals surface area contributed by atoms with Crippen molar-refractivity contribution in [1.82, 2.24) is 4.90 Å². The summed E-state index contributed by atoms with van der Waals surface area (Å²) < 4.78 is 25.7. The molecular formula is C12H16F2N2. The number of benzene rings is 1. The summed E-state index contributed by atoms with van der Waals surface area (Å²) in [5.41, 5.74) is 6.69. The lowest BCUT2D eigenvalue weighted by Gasteiger charge is -2.15. The summed E-state index contributed by atoms with van der Waals surface area (Å²) in [5, 5.41) is 0. The maximum Gasteiger partial charge on any atom is 0.159 e. The molecule has 0 aromatic heterocycles.